The van der Waals surface area contributed by atoms with Gasteiger partial charge in [-0.3, -0.25) is 14.4 Å². The summed E-state index contributed by atoms with van der Waals surface area (Å²) >= 11 is 12.2. The van der Waals surface area contributed by atoms with E-state index in [0.29, 0.717) is 54.0 Å². The normalized spacial score (nSPS) is 14.0. The second-order valence-electron chi connectivity index (χ2n) is 7.75. The lowest BCUT2D eigenvalue weighted by molar-refractivity contribution is -0.142. The summed E-state index contributed by atoms with van der Waals surface area (Å²) in [6.45, 7) is 3.05. The smallest absolute Gasteiger partial charge is 0.260 e. The highest BCUT2D eigenvalue weighted by Crippen LogP contribution is 2.29. The Morgan fingerprint density at radius 2 is 1.67 bits per heavy atom. The molecule has 0 atom stereocenters. The Bertz CT molecular complexity index is 959. The number of hydrogen-bond donors (Lipinski definition) is 1. The molecular formula is C24H27Cl2N3O4. The van der Waals surface area contributed by atoms with Crippen LogP contribution in [0.1, 0.15) is 19.8 Å². The van der Waals surface area contributed by atoms with E-state index in [1.54, 1.807) is 35.2 Å². The summed E-state index contributed by atoms with van der Waals surface area (Å²) in [5, 5.41) is 3.35. The molecule has 1 saturated heterocycles. The van der Waals surface area contributed by atoms with Gasteiger partial charge in [0.2, 0.25) is 11.8 Å². The summed E-state index contributed by atoms with van der Waals surface area (Å²) < 4.78 is 5.53. The first kappa shape index (κ1) is 24.9. The molecule has 1 heterocycles. The summed E-state index contributed by atoms with van der Waals surface area (Å²) in [5.74, 6) is -0.156. The van der Waals surface area contributed by atoms with Crippen LogP contribution in [0.4, 0.5) is 5.69 Å². The van der Waals surface area contributed by atoms with Gasteiger partial charge in [0.1, 0.15) is 5.75 Å². The van der Waals surface area contributed by atoms with Crippen LogP contribution in [0.3, 0.4) is 0 Å². The number of rotatable bonds is 8. The molecule has 7 nitrogen and oxygen atoms in total. The van der Waals surface area contributed by atoms with E-state index in [4.69, 9.17) is 27.9 Å². The Morgan fingerprint density at radius 3 is 2.27 bits per heavy atom. The van der Waals surface area contributed by atoms with Crippen LogP contribution in [0.2, 0.25) is 10.0 Å². The number of likely N-dealkylation sites (tertiary alicyclic amines) is 1. The fourth-order valence-electron chi connectivity index (χ4n) is 3.70. The van der Waals surface area contributed by atoms with Crippen molar-refractivity contribution >= 4 is 46.6 Å². The summed E-state index contributed by atoms with van der Waals surface area (Å²) in [4.78, 5) is 41.2. The molecule has 0 aliphatic carbocycles. The van der Waals surface area contributed by atoms with E-state index < -0.39 is 0 Å². The number of carbonyl (C=O) groups excluding carboxylic acids is 3. The average Bonchev–Trinajstić information content (AvgIpc) is 2.83. The molecule has 3 amide bonds. The molecule has 2 aromatic rings. The van der Waals surface area contributed by atoms with Crippen LogP contribution in [0.15, 0.2) is 48.5 Å². The highest BCUT2D eigenvalue weighted by molar-refractivity contribution is 6.39. The third-order valence-electron chi connectivity index (χ3n) is 5.56. The number of nitrogens with one attached hydrogen (secondary N) is 1. The van der Waals surface area contributed by atoms with Crippen molar-refractivity contribution < 1.29 is 19.1 Å². The average molecular weight is 492 g/mol. The lowest BCUT2D eigenvalue weighted by atomic mass is 9.95. The molecule has 3 rings (SSSR count). The SMILES string of the molecule is CCN(CC(=O)Nc1c(Cl)cccc1Cl)C(=O)C1CCN(C(=O)COc2ccccc2)CC1. The summed E-state index contributed by atoms with van der Waals surface area (Å²) in [7, 11) is 0. The van der Waals surface area contributed by atoms with Gasteiger partial charge in [0, 0.05) is 25.6 Å². The van der Waals surface area contributed by atoms with Crippen LogP contribution in [0.25, 0.3) is 0 Å². The largest absolute Gasteiger partial charge is 0.484 e. The van der Waals surface area contributed by atoms with Crippen LogP contribution in [0.5, 0.6) is 5.75 Å². The van der Waals surface area contributed by atoms with Crippen LogP contribution in [0, 0.1) is 5.92 Å². The molecule has 1 N–H and O–H groups in total. The maximum atomic E-state index is 13.0. The Labute approximate surface area is 203 Å². The zero-order valence-corrected chi connectivity index (χ0v) is 19.9. The monoisotopic (exact) mass is 491 g/mol. The van der Waals surface area contributed by atoms with Gasteiger partial charge in [-0.05, 0) is 44.0 Å². The minimum Gasteiger partial charge on any atom is -0.484 e. The van der Waals surface area contributed by atoms with Gasteiger partial charge in [-0.25, -0.2) is 0 Å². The lowest BCUT2D eigenvalue weighted by Gasteiger charge is -2.33. The van der Waals surface area contributed by atoms with Crippen molar-refractivity contribution in [1.82, 2.24) is 9.80 Å². The predicted molar refractivity (Wildman–Crippen MR) is 129 cm³/mol. The first-order valence-corrected chi connectivity index (χ1v) is 11.6. The quantitative estimate of drug-likeness (QED) is 0.602. The fourth-order valence-corrected chi connectivity index (χ4v) is 4.19. The Kier molecular flexibility index (Phi) is 8.97. The highest BCUT2D eigenvalue weighted by Gasteiger charge is 2.30. The van der Waals surface area contributed by atoms with Gasteiger partial charge in [0.05, 0.1) is 22.3 Å². The molecule has 1 aliphatic heterocycles. The van der Waals surface area contributed by atoms with Gasteiger partial charge in [-0.2, -0.15) is 0 Å². The van der Waals surface area contributed by atoms with Gasteiger partial charge in [0.25, 0.3) is 5.91 Å². The van der Waals surface area contributed by atoms with Crippen LogP contribution in [-0.4, -0.2) is 60.3 Å². The van der Waals surface area contributed by atoms with Gasteiger partial charge in [-0.15, -0.1) is 0 Å². The van der Waals surface area contributed by atoms with E-state index >= 15 is 0 Å². The Hall–Kier alpha value is -2.77. The number of ether oxygens (including phenoxy) is 1. The molecule has 1 fully saturated rings. The molecule has 176 valence electrons. The second kappa shape index (κ2) is 11.9. The Balaban J connectivity index is 1.48. The number of anilines is 1. The molecule has 0 unspecified atom stereocenters. The number of benzene rings is 2. The number of likely N-dealkylation sites (N-methyl/N-ethyl adjacent to an activating group) is 1. The lowest BCUT2D eigenvalue weighted by Crippen LogP contribution is -2.47. The van der Waals surface area contributed by atoms with E-state index in [1.807, 2.05) is 25.1 Å². The van der Waals surface area contributed by atoms with E-state index in [9.17, 15) is 14.4 Å². The molecule has 9 heteroatoms. The van der Waals surface area contributed by atoms with Gasteiger partial charge >= 0.3 is 0 Å². The fraction of sp³-hybridized carbons (Fsp3) is 0.375. The Morgan fingerprint density at radius 1 is 1.03 bits per heavy atom. The van der Waals surface area contributed by atoms with E-state index in [0.717, 1.165) is 0 Å². The zero-order valence-electron chi connectivity index (χ0n) is 18.4. The van der Waals surface area contributed by atoms with Crippen molar-refractivity contribution in [3.8, 4) is 5.75 Å². The molecule has 0 aromatic heterocycles. The number of piperidine rings is 1. The molecule has 2 aromatic carbocycles. The number of nitrogens with zero attached hydrogens (tertiary/aromatic N) is 2. The van der Waals surface area contributed by atoms with E-state index in [2.05, 4.69) is 5.32 Å². The summed E-state index contributed by atoms with van der Waals surface area (Å²) in [6, 6.07) is 14.1. The summed E-state index contributed by atoms with van der Waals surface area (Å²) in [5.41, 5.74) is 0.332. The van der Waals surface area contributed by atoms with Crippen LogP contribution in [-0.2, 0) is 14.4 Å². The van der Waals surface area contributed by atoms with Gasteiger partial charge < -0.3 is 19.9 Å². The van der Waals surface area contributed by atoms with Gasteiger partial charge in [-0.1, -0.05) is 47.5 Å². The first-order valence-electron chi connectivity index (χ1n) is 10.9. The van der Waals surface area contributed by atoms with Crippen LogP contribution >= 0.6 is 23.2 Å². The molecule has 0 radical (unpaired) electrons. The zero-order chi connectivity index (χ0) is 23.8. The van der Waals surface area contributed by atoms with Crippen molar-refractivity contribution in [2.75, 3.05) is 38.1 Å². The summed E-state index contributed by atoms with van der Waals surface area (Å²) in [6.07, 6.45) is 1.09. The maximum Gasteiger partial charge on any atom is 0.260 e. The van der Waals surface area contributed by atoms with Gasteiger partial charge in [0.15, 0.2) is 6.61 Å². The van der Waals surface area contributed by atoms with Crippen molar-refractivity contribution in [2.45, 2.75) is 19.8 Å². The number of hydrogen-bond acceptors (Lipinski definition) is 4. The molecule has 0 saturated carbocycles. The predicted octanol–water partition coefficient (Wildman–Crippen LogP) is 4.10. The topological polar surface area (TPSA) is 79.0 Å². The maximum absolute atomic E-state index is 13.0. The molecule has 1 aliphatic rings. The van der Waals surface area contributed by atoms with Crippen molar-refractivity contribution in [2.24, 2.45) is 5.92 Å². The minimum absolute atomic E-state index is 0.0332. The van der Waals surface area contributed by atoms with Crippen LogP contribution < -0.4 is 10.1 Å². The number of amides is 3. The highest BCUT2D eigenvalue weighted by atomic mass is 35.5. The molecular weight excluding hydrogens is 465 g/mol. The number of carbonyl (C=O) groups is 3. The standard InChI is InChI=1S/C24H27Cl2N3O4/c1-2-28(15-21(30)27-23-19(25)9-6-10-20(23)26)24(32)17-11-13-29(14-12-17)22(31)16-33-18-7-4-3-5-8-18/h3-10,17H,2,11-16H2,1H3,(H,27,30). The van der Waals surface area contributed by atoms with E-state index in [1.165, 1.54) is 4.90 Å². The molecule has 0 bridgehead atoms. The van der Waals surface area contributed by atoms with Crippen molar-refractivity contribution in [3.63, 3.8) is 0 Å². The third kappa shape index (κ3) is 6.85. The minimum atomic E-state index is -0.370. The van der Waals surface area contributed by atoms with E-state index in [-0.39, 0.29) is 36.8 Å². The number of para-hydroxylation sites is 2. The number of halogens is 2. The molecule has 0 spiro atoms. The van der Waals surface area contributed by atoms with Crippen molar-refractivity contribution in [3.05, 3.63) is 58.6 Å². The second-order valence-corrected chi connectivity index (χ2v) is 8.57. The first-order chi connectivity index (χ1) is 15.9. The van der Waals surface area contributed by atoms with Crippen molar-refractivity contribution in [1.29, 1.82) is 0 Å². The third-order valence-corrected chi connectivity index (χ3v) is 6.19. The molecule has 33 heavy (non-hydrogen) atoms.